The van der Waals surface area contributed by atoms with Gasteiger partial charge in [-0.1, -0.05) is 54.4 Å². The Labute approximate surface area is 157 Å². The summed E-state index contributed by atoms with van der Waals surface area (Å²) in [6.45, 7) is 2.91. The topological polar surface area (TPSA) is 40.5 Å². The molecule has 0 bridgehead atoms. The zero-order chi connectivity index (χ0) is 18.1. The number of hydrogen-bond acceptors (Lipinski definition) is 3. The van der Waals surface area contributed by atoms with Gasteiger partial charge in [-0.3, -0.25) is 9.69 Å². The normalized spacial score (nSPS) is 19.5. The van der Waals surface area contributed by atoms with Crippen LogP contribution in [0.15, 0.2) is 54.6 Å². The van der Waals surface area contributed by atoms with E-state index in [2.05, 4.69) is 66.4 Å². The highest BCUT2D eigenvalue weighted by molar-refractivity contribution is 7.19. The van der Waals surface area contributed by atoms with Crippen LogP contribution in [-0.4, -0.2) is 28.6 Å². The maximum atomic E-state index is 11.9. The van der Waals surface area contributed by atoms with E-state index in [9.17, 15) is 9.90 Å². The Morgan fingerprint density at radius 1 is 1.15 bits per heavy atom. The molecule has 0 spiro atoms. The first-order valence-electron chi connectivity index (χ1n) is 9.17. The first-order valence-corrected chi connectivity index (χ1v) is 9.99. The quantitative estimate of drug-likeness (QED) is 0.687. The summed E-state index contributed by atoms with van der Waals surface area (Å²) in [6, 6.07) is 18.7. The number of nitrogens with zero attached hydrogens (tertiary/aromatic N) is 1. The van der Waals surface area contributed by atoms with Crippen LogP contribution in [0.3, 0.4) is 0 Å². The van der Waals surface area contributed by atoms with Crippen LogP contribution in [0.5, 0.6) is 0 Å². The van der Waals surface area contributed by atoms with Gasteiger partial charge in [-0.2, -0.15) is 0 Å². The highest BCUT2D eigenvalue weighted by Gasteiger charge is 2.35. The van der Waals surface area contributed by atoms with Crippen LogP contribution < -0.4 is 0 Å². The Hall–Kier alpha value is -2.17. The second kappa shape index (κ2) is 7.22. The summed E-state index contributed by atoms with van der Waals surface area (Å²) in [5.41, 5.74) is 2.40. The number of carboxylic acids is 1. The minimum absolute atomic E-state index is 0.00519. The summed E-state index contributed by atoms with van der Waals surface area (Å²) in [6.07, 6.45) is 2.76. The van der Waals surface area contributed by atoms with Gasteiger partial charge >= 0.3 is 5.97 Å². The van der Waals surface area contributed by atoms with Gasteiger partial charge in [0.1, 0.15) is 6.04 Å². The van der Waals surface area contributed by atoms with Gasteiger partial charge in [0, 0.05) is 9.58 Å². The molecule has 26 heavy (non-hydrogen) atoms. The van der Waals surface area contributed by atoms with Crippen molar-refractivity contribution in [3.8, 4) is 0 Å². The molecule has 1 saturated heterocycles. The van der Waals surface area contributed by atoms with Crippen LogP contribution >= 0.6 is 11.3 Å². The zero-order valence-corrected chi connectivity index (χ0v) is 15.7. The molecule has 134 valence electrons. The first-order chi connectivity index (χ1) is 12.6. The van der Waals surface area contributed by atoms with Crippen molar-refractivity contribution >= 4 is 27.4 Å². The number of aliphatic carboxylic acids is 1. The van der Waals surface area contributed by atoms with E-state index in [0.717, 1.165) is 25.8 Å². The molecule has 1 fully saturated rings. The zero-order valence-electron chi connectivity index (χ0n) is 14.9. The molecule has 2 unspecified atom stereocenters. The lowest BCUT2D eigenvalue weighted by molar-refractivity contribution is -0.145. The molecule has 1 N–H and O–H groups in total. The van der Waals surface area contributed by atoms with Crippen LogP contribution in [0, 0.1) is 6.92 Å². The van der Waals surface area contributed by atoms with Crippen LogP contribution in [-0.2, 0) is 4.79 Å². The predicted molar refractivity (Wildman–Crippen MR) is 107 cm³/mol. The number of likely N-dealkylation sites (tertiary alicyclic amines) is 1. The lowest BCUT2D eigenvalue weighted by Gasteiger charge is -2.39. The molecule has 4 rings (SSSR count). The van der Waals surface area contributed by atoms with Crippen molar-refractivity contribution < 1.29 is 9.90 Å². The Morgan fingerprint density at radius 2 is 1.92 bits per heavy atom. The van der Waals surface area contributed by atoms with Gasteiger partial charge in [0.05, 0.1) is 6.04 Å². The third-order valence-electron chi connectivity index (χ3n) is 5.27. The molecule has 1 aliphatic rings. The molecule has 2 heterocycles. The number of piperidine rings is 1. The number of thiophene rings is 1. The maximum absolute atomic E-state index is 11.9. The van der Waals surface area contributed by atoms with Crippen molar-refractivity contribution in [2.75, 3.05) is 6.54 Å². The average Bonchev–Trinajstić information content (AvgIpc) is 3.07. The van der Waals surface area contributed by atoms with Crippen LogP contribution in [0.2, 0.25) is 0 Å². The van der Waals surface area contributed by atoms with Crippen molar-refractivity contribution in [1.82, 2.24) is 4.90 Å². The molecule has 2 atom stereocenters. The molecule has 0 aliphatic carbocycles. The van der Waals surface area contributed by atoms with E-state index >= 15 is 0 Å². The molecule has 2 aromatic carbocycles. The SMILES string of the molecule is Cc1ccc(C(c2cc3ccccc3s2)N2CCCCC2C(=O)O)cc1. The second-order valence-electron chi connectivity index (χ2n) is 7.09. The van der Waals surface area contributed by atoms with Gasteiger partial charge in [0.15, 0.2) is 0 Å². The summed E-state index contributed by atoms with van der Waals surface area (Å²) < 4.78 is 1.25. The number of rotatable bonds is 4. The van der Waals surface area contributed by atoms with Crippen molar-refractivity contribution in [2.45, 2.75) is 38.3 Å². The second-order valence-corrected chi connectivity index (χ2v) is 8.20. The van der Waals surface area contributed by atoms with Gasteiger partial charge in [-0.05, 0) is 49.4 Å². The first kappa shape index (κ1) is 17.3. The Morgan fingerprint density at radius 3 is 2.65 bits per heavy atom. The van der Waals surface area contributed by atoms with Crippen molar-refractivity contribution in [3.63, 3.8) is 0 Å². The lowest BCUT2D eigenvalue weighted by atomic mass is 9.94. The van der Waals surface area contributed by atoms with Gasteiger partial charge in [-0.25, -0.2) is 0 Å². The van der Waals surface area contributed by atoms with Crippen molar-refractivity contribution in [2.24, 2.45) is 0 Å². The Kier molecular flexibility index (Phi) is 4.79. The molecular formula is C22H23NO2S. The van der Waals surface area contributed by atoms with Crippen LogP contribution in [0.4, 0.5) is 0 Å². The molecule has 1 aliphatic heterocycles. The third-order valence-corrected chi connectivity index (χ3v) is 6.44. The average molecular weight is 365 g/mol. The molecule has 0 amide bonds. The number of hydrogen-bond donors (Lipinski definition) is 1. The summed E-state index contributed by atoms with van der Waals surface area (Å²) in [5.74, 6) is -0.706. The fourth-order valence-electron chi connectivity index (χ4n) is 3.93. The highest BCUT2D eigenvalue weighted by Crippen LogP contribution is 2.39. The maximum Gasteiger partial charge on any atom is 0.320 e. The van der Waals surface area contributed by atoms with Crippen LogP contribution in [0.25, 0.3) is 10.1 Å². The fraction of sp³-hybridized carbons (Fsp3) is 0.318. The molecular weight excluding hydrogens is 342 g/mol. The minimum Gasteiger partial charge on any atom is -0.480 e. The molecule has 4 heteroatoms. The van der Waals surface area contributed by atoms with Crippen molar-refractivity contribution in [3.05, 3.63) is 70.6 Å². The molecule has 1 aromatic heterocycles. The van der Waals surface area contributed by atoms with Gasteiger partial charge < -0.3 is 5.11 Å². The standard InChI is InChI=1S/C22H23NO2S/c1-15-9-11-16(12-10-15)21(23-13-5-4-7-18(23)22(24)25)20-14-17-6-2-3-8-19(17)26-20/h2-3,6,8-12,14,18,21H,4-5,7,13H2,1H3,(H,24,25). The van der Waals surface area contributed by atoms with E-state index < -0.39 is 12.0 Å². The fourth-order valence-corrected chi connectivity index (χ4v) is 5.15. The van der Waals surface area contributed by atoms with E-state index in [1.54, 1.807) is 11.3 Å². The summed E-state index contributed by atoms with van der Waals surface area (Å²) in [7, 11) is 0. The minimum atomic E-state index is -0.706. The Bertz CT molecular complexity index is 882. The largest absolute Gasteiger partial charge is 0.480 e. The molecule has 3 nitrogen and oxygen atoms in total. The lowest BCUT2D eigenvalue weighted by Crippen LogP contribution is -2.46. The van der Waals surface area contributed by atoms with Crippen LogP contribution in [0.1, 0.15) is 41.3 Å². The van der Waals surface area contributed by atoms with E-state index in [0.29, 0.717) is 0 Å². The molecule has 0 saturated carbocycles. The predicted octanol–water partition coefficient (Wildman–Crippen LogP) is 5.24. The van der Waals surface area contributed by atoms with Gasteiger partial charge in [-0.15, -0.1) is 11.3 Å². The summed E-state index contributed by atoms with van der Waals surface area (Å²) in [4.78, 5) is 15.3. The van der Waals surface area contributed by atoms with E-state index in [1.165, 1.54) is 26.1 Å². The van der Waals surface area contributed by atoms with E-state index in [1.807, 2.05) is 0 Å². The number of carbonyl (C=O) groups is 1. The monoisotopic (exact) mass is 365 g/mol. The number of aryl methyl sites for hydroxylation is 1. The van der Waals surface area contributed by atoms with Crippen molar-refractivity contribution in [1.29, 1.82) is 0 Å². The number of carboxylic acid groups (broad SMARTS) is 1. The highest BCUT2D eigenvalue weighted by atomic mass is 32.1. The molecule has 0 radical (unpaired) electrons. The molecule has 3 aromatic rings. The summed E-state index contributed by atoms with van der Waals surface area (Å²) >= 11 is 1.78. The van der Waals surface area contributed by atoms with Gasteiger partial charge in [0.2, 0.25) is 0 Å². The van der Waals surface area contributed by atoms with E-state index in [-0.39, 0.29) is 6.04 Å². The smallest absolute Gasteiger partial charge is 0.320 e. The third kappa shape index (κ3) is 3.27. The summed E-state index contributed by atoms with van der Waals surface area (Å²) in [5, 5.41) is 11.0. The van der Waals surface area contributed by atoms with E-state index in [4.69, 9.17) is 0 Å². The number of benzene rings is 2. The van der Waals surface area contributed by atoms with Gasteiger partial charge in [0.25, 0.3) is 0 Å². The number of fused-ring (bicyclic) bond motifs is 1. The Balaban J connectivity index is 1.83.